The van der Waals surface area contributed by atoms with E-state index in [1.54, 1.807) is 31.2 Å². The van der Waals surface area contributed by atoms with E-state index in [4.69, 9.17) is 16.3 Å². The summed E-state index contributed by atoms with van der Waals surface area (Å²) in [6.45, 7) is 4.57. The standard InChI is InChI=1S/C20H23ClN2O4S/c1-14-5-6-16(12-18(14)21)22-20(24)13-27-19-8-7-17(11-15(19)2)28(25,26)23-9-3-4-10-23/h5-8,11-12H,3-4,9-10,13H2,1-2H3,(H,22,24). The highest BCUT2D eigenvalue weighted by Crippen LogP contribution is 2.26. The van der Waals surface area contributed by atoms with Crippen molar-refractivity contribution in [2.75, 3.05) is 25.0 Å². The van der Waals surface area contributed by atoms with Crippen LogP contribution in [0.15, 0.2) is 41.3 Å². The van der Waals surface area contributed by atoms with Crippen molar-refractivity contribution in [3.8, 4) is 5.75 Å². The molecule has 0 saturated carbocycles. The summed E-state index contributed by atoms with van der Waals surface area (Å²) in [7, 11) is -3.47. The van der Waals surface area contributed by atoms with E-state index in [2.05, 4.69) is 5.32 Å². The molecule has 1 N–H and O–H groups in total. The first-order chi connectivity index (χ1) is 13.3. The Bertz CT molecular complexity index is 986. The van der Waals surface area contributed by atoms with Crippen LogP contribution >= 0.6 is 11.6 Å². The second kappa shape index (κ2) is 8.51. The van der Waals surface area contributed by atoms with E-state index >= 15 is 0 Å². The van der Waals surface area contributed by atoms with Gasteiger partial charge in [0.05, 0.1) is 4.90 Å². The number of sulfonamides is 1. The zero-order chi connectivity index (χ0) is 20.3. The lowest BCUT2D eigenvalue weighted by Gasteiger charge is -2.17. The fraction of sp³-hybridized carbons (Fsp3) is 0.350. The van der Waals surface area contributed by atoms with E-state index in [-0.39, 0.29) is 17.4 Å². The third kappa shape index (κ3) is 4.66. The Labute approximate surface area is 170 Å². The number of ether oxygens (including phenoxy) is 1. The molecule has 150 valence electrons. The molecule has 1 fully saturated rings. The fourth-order valence-corrected chi connectivity index (χ4v) is 4.82. The lowest BCUT2D eigenvalue weighted by atomic mass is 10.2. The summed E-state index contributed by atoms with van der Waals surface area (Å²) in [5, 5.41) is 3.29. The van der Waals surface area contributed by atoms with Gasteiger partial charge in [-0.3, -0.25) is 4.79 Å². The summed E-state index contributed by atoms with van der Waals surface area (Å²) in [4.78, 5) is 12.4. The second-order valence-corrected chi connectivity index (χ2v) is 9.18. The normalized spacial score (nSPS) is 14.8. The number of halogens is 1. The molecule has 1 aliphatic heterocycles. The molecule has 1 amide bonds. The van der Waals surface area contributed by atoms with Crippen LogP contribution in [0.4, 0.5) is 5.69 Å². The number of amides is 1. The van der Waals surface area contributed by atoms with Gasteiger partial charge in [-0.15, -0.1) is 0 Å². The van der Waals surface area contributed by atoms with Crippen molar-refractivity contribution in [1.82, 2.24) is 4.31 Å². The maximum absolute atomic E-state index is 12.6. The number of carbonyl (C=O) groups excluding carboxylic acids is 1. The molecule has 6 nitrogen and oxygen atoms in total. The van der Waals surface area contributed by atoms with E-state index in [0.29, 0.717) is 35.1 Å². The van der Waals surface area contributed by atoms with Crippen LogP contribution in [-0.2, 0) is 14.8 Å². The van der Waals surface area contributed by atoms with Crippen LogP contribution in [0.2, 0.25) is 5.02 Å². The molecule has 1 aliphatic rings. The van der Waals surface area contributed by atoms with Gasteiger partial charge in [-0.1, -0.05) is 17.7 Å². The molecule has 2 aromatic rings. The molecule has 28 heavy (non-hydrogen) atoms. The number of nitrogens with one attached hydrogen (secondary N) is 1. The number of aryl methyl sites for hydroxylation is 2. The molecule has 2 aromatic carbocycles. The van der Waals surface area contributed by atoms with Crippen molar-refractivity contribution in [3.63, 3.8) is 0 Å². The Balaban J connectivity index is 1.63. The van der Waals surface area contributed by atoms with Crippen LogP contribution in [-0.4, -0.2) is 38.3 Å². The number of hydrogen-bond acceptors (Lipinski definition) is 4. The van der Waals surface area contributed by atoms with Crippen molar-refractivity contribution in [2.45, 2.75) is 31.6 Å². The fourth-order valence-electron chi connectivity index (χ4n) is 3.03. The Morgan fingerprint density at radius 3 is 2.46 bits per heavy atom. The van der Waals surface area contributed by atoms with Crippen molar-refractivity contribution >= 4 is 33.2 Å². The minimum absolute atomic E-state index is 0.190. The molecule has 0 unspecified atom stereocenters. The van der Waals surface area contributed by atoms with Gasteiger partial charge in [0.15, 0.2) is 6.61 Å². The summed E-state index contributed by atoms with van der Waals surface area (Å²) in [6.07, 6.45) is 1.78. The average Bonchev–Trinajstić information content (AvgIpc) is 3.19. The molecule has 0 radical (unpaired) electrons. The molecule has 1 saturated heterocycles. The van der Waals surface area contributed by atoms with Crippen molar-refractivity contribution in [2.24, 2.45) is 0 Å². The number of hydrogen-bond donors (Lipinski definition) is 1. The smallest absolute Gasteiger partial charge is 0.262 e. The average molecular weight is 423 g/mol. The lowest BCUT2D eigenvalue weighted by molar-refractivity contribution is -0.118. The quantitative estimate of drug-likeness (QED) is 0.769. The Morgan fingerprint density at radius 2 is 1.82 bits per heavy atom. The molecule has 3 rings (SSSR count). The summed E-state index contributed by atoms with van der Waals surface area (Å²) < 4.78 is 32.3. The molecule has 0 bridgehead atoms. The van der Waals surface area contributed by atoms with Crippen molar-refractivity contribution in [3.05, 3.63) is 52.5 Å². The van der Waals surface area contributed by atoms with Gasteiger partial charge < -0.3 is 10.1 Å². The predicted molar refractivity (Wildman–Crippen MR) is 109 cm³/mol. The number of nitrogens with zero attached hydrogens (tertiary/aromatic N) is 1. The van der Waals surface area contributed by atoms with Gasteiger partial charge in [-0.05, 0) is 68.1 Å². The van der Waals surface area contributed by atoms with E-state index in [0.717, 1.165) is 18.4 Å². The topological polar surface area (TPSA) is 75.7 Å². The zero-order valence-electron chi connectivity index (χ0n) is 15.9. The minimum Gasteiger partial charge on any atom is -0.483 e. The number of anilines is 1. The van der Waals surface area contributed by atoms with Gasteiger partial charge in [-0.2, -0.15) is 4.31 Å². The van der Waals surface area contributed by atoms with E-state index in [1.807, 2.05) is 13.0 Å². The van der Waals surface area contributed by atoms with Gasteiger partial charge in [0.1, 0.15) is 5.75 Å². The number of benzene rings is 2. The van der Waals surface area contributed by atoms with E-state index < -0.39 is 10.0 Å². The summed E-state index contributed by atoms with van der Waals surface area (Å²) in [5.74, 6) is 0.144. The third-order valence-corrected chi connectivity index (χ3v) is 6.97. The van der Waals surface area contributed by atoms with Crippen molar-refractivity contribution in [1.29, 1.82) is 0 Å². The van der Waals surface area contributed by atoms with Gasteiger partial charge in [0.25, 0.3) is 5.91 Å². The highest BCUT2D eigenvalue weighted by atomic mass is 35.5. The maximum Gasteiger partial charge on any atom is 0.262 e. The lowest BCUT2D eigenvalue weighted by Crippen LogP contribution is -2.27. The SMILES string of the molecule is Cc1ccc(NC(=O)COc2ccc(S(=O)(=O)N3CCCC3)cc2C)cc1Cl. The van der Waals surface area contributed by atoms with Gasteiger partial charge in [0.2, 0.25) is 10.0 Å². The molecular weight excluding hydrogens is 400 g/mol. The molecule has 0 spiro atoms. The van der Waals surface area contributed by atoms with Gasteiger partial charge >= 0.3 is 0 Å². The molecule has 1 heterocycles. The van der Waals surface area contributed by atoms with Crippen LogP contribution in [0.5, 0.6) is 5.75 Å². The second-order valence-electron chi connectivity index (χ2n) is 6.84. The Hall–Kier alpha value is -2.09. The molecule has 8 heteroatoms. The van der Waals surface area contributed by atoms with E-state index in [1.165, 1.54) is 10.4 Å². The van der Waals surface area contributed by atoms with Crippen LogP contribution < -0.4 is 10.1 Å². The molecule has 0 aromatic heterocycles. The molecule has 0 aliphatic carbocycles. The van der Waals surface area contributed by atoms with Gasteiger partial charge in [0, 0.05) is 23.8 Å². The molecular formula is C20H23ClN2O4S. The maximum atomic E-state index is 12.6. The highest BCUT2D eigenvalue weighted by molar-refractivity contribution is 7.89. The number of rotatable bonds is 6. The summed E-state index contributed by atoms with van der Waals surface area (Å²) in [6, 6.07) is 9.96. The van der Waals surface area contributed by atoms with Crippen LogP contribution in [0.1, 0.15) is 24.0 Å². The first-order valence-corrected chi connectivity index (χ1v) is 10.9. The van der Waals surface area contributed by atoms with Gasteiger partial charge in [-0.25, -0.2) is 8.42 Å². The Morgan fingerprint density at radius 1 is 1.11 bits per heavy atom. The highest BCUT2D eigenvalue weighted by Gasteiger charge is 2.27. The predicted octanol–water partition coefficient (Wildman–Crippen LogP) is 3.76. The monoisotopic (exact) mass is 422 g/mol. The van der Waals surface area contributed by atoms with Crippen molar-refractivity contribution < 1.29 is 17.9 Å². The number of carbonyl (C=O) groups is 1. The summed E-state index contributed by atoms with van der Waals surface area (Å²) in [5.41, 5.74) is 2.18. The van der Waals surface area contributed by atoms with Crippen LogP contribution in [0.3, 0.4) is 0 Å². The Kier molecular flexibility index (Phi) is 6.27. The first-order valence-electron chi connectivity index (χ1n) is 9.07. The largest absolute Gasteiger partial charge is 0.483 e. The van der Waals surface area contributed by atoms with Crippen LogP contribution in [0.25, 0.3) is 0 Å². The zero-order valence-corrected chi connectivity index (χ0v) is 17.4. The van der Waals surface area contributed by atoms with Crippen LogP contribution in [0, 0.1) is 13.8 Å². The third-order valence-electron chi connectivity index (χ3n) is 4.66. The minimum atomic E-state index is -3.47. The molecule has 0 atom stereocenters. The van der Waals surface area contributed by atoms with E-state index in [9.17, 15) is 13.2 Å². The first kappa shape index (κ1) is 20.6. The summed E-state index contributed by atoms with van der Waals surface area (Å²) >= 11 is 6.05.